The summed E-state index contributed by atoms with van der Waals surface area (Å²) < 4.78 is 40.2. The number of carbonyl (C=O) groups excluding carboxylic acids is 4. The SMILES string of the molecule is C=CC1CC1(CC(=O)C1CC2CN1C(=O)C(C(C)(C)C)CC(=O)OCC(C)(C)CCCc1ccc3c(CC)cnc(c3c1)O2)C(=O)NS(=O)(=O)C1CC1. The van der Waals surface area contributed by atoms with Crippen molar-refractivity contribution in [2.24, 2.45) is 28.1 Å². The predicted molar refractivity (Wildman–Crippen MR) is 201 cm³/mol. The Morgan fingerprint density at radius 3 is 2.53 bits per heavy atom. The Balaban J connectivity index is 1.36. The van der Waals surface area contributed by atoms with Gasteiger partial charge in [-0.25, -0.2) is 13.4 Å². The first kappa shape index (κ1) is 38.9. The lowest BCUT2D eigenvalue weighted by atomic mass is 9.77. The Labute approximate surface area is 313 Å². The number of sulfonamides is 1. The molecule has 288 valence electrons. The zero-order chi connectivity index (χ0) is 38.5. The third-order valence-electron chi connectivity index (χ3n) is 11.8. The lowest BCUT2D eigenvalue weighted by Crippen LogP contribution is -2.48. The van der Waals surface area contributed by atoms with E-state index in [4.69, 9.17) is 14.5 Å². The molecule has 2 aliphatic heterocycles. The Hall–Kier alpha value is -3.80. The number of Topliss-reactive ketones (excluding diaryl/α,β-unsaturated/α-hetero) is 1. The van der Waals surface area contributed by atoms with Gasteiger partial charge in [0.25, 0.3) is 0 Å². The number of aromatic nitrogens is 1. The van der Waals surface area contributed by atoms with E-state index in [1.165, 1.54) is 4.90 Å². The molecule has 12 heteroatoms. The van der Waals surface area contributed by atoms with Crippen molar-refractivity contribution in [3.8, 4) is 5.88 Å². The monoisotopic (exact) mass is 749 g/mol. The van der Waals surface area contributed by atoms with E-state index in [1.807, 2.05) is 27.0 Å². The van der Waals surface area contributed by atoms with E-state index in [0.29, 0.717) is 18.7 Å². The van der Waals surface area contributed by atoms with E-state index in [2.05, 4.69) is 50.3 Å². The Morgan fingerprint density at radius 2 is 1.89 bits per heavy atom. The molecule has 53 heavy (non-hydrogen) atoms. The van der Waals surface area contributed by atoms with Crippen LogP contribution in [0, 0.1) is 28.1 Å². The van der Waals surface area contributed by atoms with Crippen LogP contribution in [-0.2, 0) is 46.8 Å². The minimum absolute atomic E-state index is 0.0719. The first-order valence-electron chi connectivity index (χ1n) is 19.1. The van der Waals surface area contributed by atoms with Crippen LogP contribution in [0.15, 0.2) is 37.1 Å². The molecule has 3 heterocycles. The van der Waals surface area contributed by atoms with Crippen molar-refractivity contribution in [3.05, 3.63) is 48.2 Å². The normalized spacial score (nSPS) is 28.1. The van der Waals surface area contributed by atoms with Gasteiger partial charge in [-0.05, 0) is 84.3 Å². The Morgan fingerprint density at radius 1 is 1.15 bits per heavy atom. The van der Waals surface area contributed by atoms with Crippen LogP contribution in [0.3, 0.4) is 0 Å². The highest BCUT2D eigenvalue weighted by Crippen LogP contribution is 2.57. The summed E-state index contributed by atoms with van der Waals surface area (Å²) in [4.78, 5) is 62.3. The van der Waals surface area contributed by atoms with Gasteiger partial charge in [-0.3, -0.25) is 23.9 Å². The van der Waals surface area contributed by atoms with E-state index in [9.17, 15) is 27.6 Å². The van der Waals surface area contributed by atoms with Crippen LogP contribution in [-0.4, -0.2) is 72.4 Å². The molecule has 2 amide bonds. The number of allylic oxidation sites excluding steroid dienone is 1. The van der Waals surface area contributed by atoms with Crippen LogP contribution in [0.1, 0.15) is 104 Å². The van der Waals surface area contributed by atoms with Crippen LogP contribution >= 0.6 is 0 Å². The van der Waals surface area contributed by atoms with Crippen molar-refractivity contribution in [3.63, 3.8) is 0 Å². The zero-order valence-electron chi connectivity index (χ0n) is 32.0. The minimum atomic E-state index is -3.84. The molecule has 1 saturated heterocycles. The van der Waals surface area contributed by atoms with Gasteiger partial charge in [0.1, 0.15) is 6.10 Å². The van der Waals surface area contributed by atoms with Gasteiger partial charge in [0.15, 0.2) is 5.78 Å². The number of amides is 2. The van der Waals surface area contributed by atoms with Crippen LogP contribution in [0.5, 0.6) is 5.88 Å². The maximum Gasteiger partial charge on any atom is 0.306 e. The number of aryl methyl sites for hydroxylation is 2. The van der Waals surface area contributed by atoms with Crippen LogP contribution < -0.4 is 9.46 Å². The van der Waals surface area contributed by atoms with Gasteiger partial charge in [0.2, 0.25) is 27.7 Å². The summed E-state index contributed by atoms with van der Waals surface area (Å²) in [7, 11) is -3.84. The van der Waals surface area contributed by atoms with Crippen LogP contribution in [0.4, 0.5) is 0 Å². The molecule has 1 aromatic heterocycles. The van der Waals surface area contributed by atoms with Crippen LogP contribution in [0.25, 0.3) is 10.8 Å². The zero-order valence-corrected chi connectivity index (χ0v) is 32.9. The van der Waals surface area contributed by atoms with Gasteiger partial charge >= 0.3 is 5.97 Å². The minimum Gasteiger partial charge on any atom is -0.472 e. The first-order chi connectivity index (χ1) is 24.9. The quantitative estimate of drug-likeness (QED) is 0.259. The van der Waals surface area contributed by atoms with E-state index in [0.717, 1.165) is 47.6 Å². The first-order valence-corrected chi connectivity index (χ1v) is 20.7. The number of nitrogens with zero attached hydrogens (tertiary/aromatic N) is 2. The third-order valence-corrected chi connectivity index (χ3v) is 13.6. The summed E-state index contributed by atoms with van der Waals surface area (Å²) in [6.45, 7) is 16.0. The number of carbonyl (C=O) groups is 4. The third kappa shape index (κ3) is 8.32. The highest BCUT2D eigenvalue weighted by atomic mass is 32.2. The number of ketones is 1. The van der Waals surface area contributed by atoms with Gasteiger partial charge < -0.3 is 14.4 Å². The molecule has 2 aromatic rings. The molecular weight excluding hydrogens is 695 g/mol. The summed E-state index contributed by atoms with van der Waals surface area (Å²) in [6, 6.07) is 5.38. The molecule has 0 radical (unpaired) electrons. The van der Waals surface area contributed by atoms with Crippen molar-refractivity contribution in [2.45, 2.75) is 123 Å². The van der Waals surface area contributed by atoms with Crippen LogP contribution in [0.2, 0.25) is 0 Å². The molecule has 4 bridgehead atoms. The van der Waals surface area contributed by atoms with E-state index < -0.39 is 56.0 Å². The van der Waals surface area contributed by atoms with Gasteiger partial charge in [-0.2, -0.15) is 0 Å². The maximum atomic E-state index is 14.7. The number of pyridine rings is 1. The van der Waals surface area contributed by atoms with Gasteiger partial charge in [-0.1, -0.05) is 59.8 Å². The van der Waals surface area contributed by atoms with Crippen molar-refractivity contribution in [2.75, 3.05) is 13.2 Å². The average molecular weight is 750 g/mol. The standard InChI is InChI=1S/C41H55N3O8S/c1-8-26-22-42-36-31-17-25(12-15-30(26)31)11-10-16-40(6,7)24-51-35(46)19-32(39(3,4)5)37(47)44-23-28(52-36)18-33(44)34(45)21-41(20-27(41)9-2)38(48)43-53(49,50)29-13-14-29/h9,12,15,17,22,27-29,32-33H,2,8,10-11,13-14,16,18-21,23-24H2,1,3-7H3,(H,43,48). The van der Waals surface area contributed by atoms with Gasteiger partial charge in [0.05, 0.1) is 42.2 Å². The Bertz CT molecular complexity index is 1910. The van der Waals surface area contributed by atoms with E-state index in [1.54, 1.807) is 6.08 Å². The molecule has 5 atom stereocenters. The van der Waals surface area contributed by atoms with Gasteiger partial charge in [-0.15, -0.1) is 6.58 Å². The fourth-order valence-corrected chi connectivity index (χ4v) is 9.45. The molecule has 0 spiro atoms. The number of ether oxygens (including phenoxy) is 2. The summed E-state index contributed by atoms with van der Waals surface area (Å²) in [5.41, 5.74) is -0.00134. The number of hydrogen-bond donors (Lipinski definition) is 1. The fraction of sp³-hybridized carbons (Fsp3) is 0.634. The fourth-order valence-electron chi connectivity index (χ4n) is 8.06. The molecule has 4 aliphatic rings. The molecule has 1 aromatic carbocycles. The highest BCUT2D eigenvalue weighted by molar-refractivity contribution is 7.90. The number of fused-ring (bicyclic) bond motifs is 3. The lowest BCUT2D eigenvalue weighted by molar-refractivity contribution is -0.155. The number of rotatable bonds is 8. The molecule has 2 aliphatic carbocycles. The predicted octanol–water partition coefficient (Wildman–Crippen LogP) is 5.86. The molecular formula is C41H55N3O8S. The van der Waals surface area contributed by atoms with E-state index >= 15 is 0 Å². The van der Waals surface area contributed by atoms with E-state index in [-0.39, 0.29) is 61.9 Å². The molecule has 2 saturated carbocycles. The molecule has 11 nitrogen and oxygen atoms in total. The molecule has 6 rings (SSSR count). The molecule has 5 unspecified atom stereocenters. The van der Waals surface area contributed by atoms with Crippen molar-refractivity contribution in [1.82, 2.24) is 14.6 Å². The number of benzene rings is 1. The molecule has 3 fully saturated rings. The largest absolute Gasteiger partial charge is 0.472 e. The molecule has 1 N–H and O–H groups in total. The second-order valence-corrected chi connectivity index (χ2v) is 19.6. The number of nitrogens with one attached hydrogen (secondary N) is 1. The second-order valence-electron chi connectivity index (χ2n) is 17.6. The average Bonchev–Trinajstić information content (AvgIpc) is 4.02. The second kappa shape index (κ2) is 14.5. The van der Waals surface area contributed by atoms with Crippen molar-refractivity contribution in [1.29, 1.82) is 0 Å². The Kier molecular flexibility index (Phi) is 10.6. The van der Waals surface area contributed by atoms with Crippen molar-refractivity contribution >= 4 is 44.4 Å². The van der Waals surface area contributed by atoms with Gasteiger partial charge in [0, 0.05) is 24.4 Å². The summed E-state index contributed by atoms with van der Waals surface area (Å²) in [5, 5.41) is 1.31. The number of hydrogen-bond acceptors (Lipinski definition) is 9. The summed E-state index contributed by atoms with van der Waals surface area (Å²) in [6.07, 6.45) is 7.11. The topological polar surface area (TPSA) is 149 Å². The smallest absolute Gasteiger partial charge is 0.306 e. The van der Waals surface area contributed by atoms with Crippen molar-refractivity contribution < 1.29 is 37.1 Å². The summed E-state index contributed by atoms with van der Waals surface area (Å²) >= 11 is 0. The highest BCUT2D eigenvalue weighted by Gasteiger charge is 2.61. The number of cyclic esters (lactones) is 1. The summed E-state index contributed by atoms with van der Waals surface area (Å²) in [5.74, 6) is -2.68. The maximum absolute atomic E-state index is 14.7. The number of esters is 1. The lowest BCUT2D eigenvalue weighted by Gasteiger charge is -2.35.